The van der Waals surface area contributed by atoms with Crippen LogP contribution in [0.15, 0.2) is 35.3 Å². The molecule has 1 aliphatic rings. The van der Waals surface area contributed by atoms with Gasteiger partial charge in [0.05, 0.1) is 6.54 Å². The van der Waals surface area contributed by atoms with Gasteiger partial charge in [-0.3, -0.25) is 0 Å². The van der Waals surface area contributed by atoms with Crippen LogP contribution in [0, 0.1) is 5.92 Å². The fraction of sp³-hybridized carbons (Fsp3) is 0.611. The van der Waals surface area contributed by atoms with Gasteiger partial charge >= 0.3 is 0 Å². The van der Waals surface area contributed by atoms with Gasteiger partial charge in [-0.05, 0) is 56.8 Å². The third-order valence-electron chi connectivity index (χ3n) is 4.36. The summed E-state index contributed by atoms with van der Waals surface area (Å²) in [6.07, 6.45) is 5.09. The van der Waals surface area contributed by atoms with Crippen molar-refractivity contribution >= 4 is 5.96 Å². The molecular weight excluding hydrogens is 272 g/mol. The van der Waals surface area contributed by atoms with Crippen LogP contribution in [0.5, 0.6) is 0 Å². The first-order chi connectivity index (χ1) is 10.7. The Morgan fingerprint density at radius 2 is 1.95 bits per heavy atom. The van der Waals surface area contributed by atoms with Crippen molar-refractivity contribution in [1.29, 1.82) is 0 Å². The Hall–Kier alpha value is -1.55. The Kier molecular flexibility index (Phi) is 7.23. The van der Waals surface area contributed by atoms with Gasteiger partial charge in [0.2, 0.25) is 0 Å². The third kappa shape index (κ3) is 6.48. The number of nitrogens with two attached hydrogens (primary N) is 1. The maximum absolute atomic E-state index is 5.89. The number of rotatable bonds is 7. The monoisotopic (exact) mass is 302 g/mol. The highest BCUT2D eigenvalue weighted by Crippen LogP contribution is 2.15. The molecule has 1 aromatic carbocycles. The summed E-state index contributed by atoms with van der Waals surface area (Å²) in [5.41, 5.74) is 7.08. The zero-order valence-corrected chi connectivity index (χ0v) is 13.8. The molecule has 1 aromatic rings. The van der Waals surface area contributed by atoms with E-state index in [1.807, 2.05) is 18.2 Å². The number of piperidine rings is 1. The molecule has 0 amide bonds. The van der Waals surface area contributed by atoms with E-state index in [-0.39, 0.29) is 0 Å². The van der Waals surface area contributed by atoms with E-state index in [0.29, 0.717) is 12.5 Å². The molecule has 1 saturated heterocycles. The Labute approximate surface area is 134 Å². The Morgan fingerprint density at radius 1 is 1.23 bits per heavy atom. The molecule has 0 unspecified atom stereocenters. The van der Waals surface area contributed by atoms with E-state index in [4.69, 9.17) is 5.73 Å². The van der Waals surface area contributed by atoms with Crippen LogP contribution in [0.3, 0.4) is 0 Å². The van der Waals surface area contributed by atoms with Gasteiger partial charge in [-0.2, -0.15) is 0 Å². The van der Waals surface area contributed by atoms with E-state index in [2.05, 4.69) is 34.3 Å². The summed E-state index contributed by atoms with van der Waals surface area (Å²) in [7, 11) is 0. The summed E-state index contributed by atoms with van der Waals surface area (Å²) < 4.78 is 0. The summed E-state index contributed by atoms with van der Waals surface area (Å²) in [4.78, 5) is 6.95. The molecule has 0 spiro atoms. The molecule has 1 aliphatic heterocycles. The van der Waals surface area contributed by atoms with Crippen molar-refractivity contribution < 1.29 is 0 Å². The summed E-state index contributed by atoms with van der Waals surface area (Å²) >= 11 is 0. The van der Waals surface area contributed by atoms with Gasteiger partial charge in [0.25, 0.3) is 0 Å². The molecule has 2 rings (SSSR count). The lowest BCUT2D eigenvalue weighted by Crippen LogP contribution is -2.35. The minimum atomic E-state index is 0.552. The number of hydrogen-bond acceptors (Lipinski definition) is 2. The highest BCUT2D eigenvalue weighted by Gasteiger charge is 2.14. The molecule has 0 radical (unpaired) electrons. The second-order valence-corrected chi connectivity index (χ2v) is 6.35. The first kappa shape index (κ1) is 16.8. The lowest BCUT2D eigenvalue weighted by molar-refractivity contribution is 0.189. The van der Waals surface area contributed by atoms with Gasteiger partial charge in [0, 0.05) is 6.54 Å². The molecule has 0 aliphatic carbocycles. The number of unbranched alkanes of at least 4 members (excludes halogenated alkanes) is 1. The topological polar surface area (TPSA) is 53.6 Å². The van der Waals surface area contributed by atoms with E-state index < -0.39 is 0 Å². The average molecular weight is 302 g/mol. The number of benzene rings is 1. The fourth-order valence-corrected chi connectivity index (χ4v) is 2.78. The molecule has 1 fully saturated rings. The van der Waals surface area contributed by atoms with Crippen LogP contribution in [0.1, 0.15) is 38.2 Å². The van der Waals surface area contributed by atoms with Crippen molar-refractivity contribution in [2.75, 3.05) is 26.2 Å². The first-order valence-electron chi connectivity index (χ1n) is 8.54. The van der Waals surface area contributed by atoms with Crippen LogP contribution >= 0.6 is 0 Å². The van der Waals surface area contributed by atoms with Crippen LogP contribution in [0.2, 0.25) is 0 Å². The number of likely N-dealkylation sites (tertiary alicyclic amines) is 1. The van der Waals surface area contributed by atoms with E-state index in [1.54, 1.807) is 0 Å². The van der Waals surface area contributed by atoms with Crippen molar-refractivity contribution in [3.05, 3.63) is 35.9 Å². The van der Waals surface area contributed by atoms with Crippen LogP contribution in [0.25, 0.3) is 0 Å². The van der Waals surface area contributed by atoms with Crippen LogP contribution < -0.4 is 11.1 Å². The Morgan fingerprint density at radius 3 is 2.68 bits per heavy atom. The molecule has 1 heterocycles. The van der Waals surface area contributed by atoms with Crippen LogP contribution in [-0.4, -0.2) is 37.0 Å². The quantitative estimate of drug-likeness (QED) is 0.462. The van der Waals surface area contributed by atoms with Crippen molar-refractivity contribution in [3.8, 4) is 0 Å². The highest BCUT2D eigenvalue weighted by atomic mass is 15.1. The highest BCUT2D eigenvalue weighted by molar-refractivity contribution is 5.77. The molecule has 3 N–H and O–H groups in total. The zero-order valence-electron chi connectivity index (χ0n) is 13.8. The standard InChI is InChI=1S/C18H30N4/c1-16-9-13-22(14-10-16)12-6-5-11-20-18(19)21-15-17-7-3-2-4-8-17/h2-4,7-8,16H,5-6,9-15H2,1H3,(H3,19,20,21). The SMILES string of the molecule is CC1CCN(CCCCNC(N)=NCc2ccccc2)CC1. The number of guanidine groups is 1. The number of aliphatic imine (C=N–C) groups is 1. The fourth-order valence-electron chi connectivity index (χ4n) is 2.78. The minimum Gasteiger partial charge on any atom is -0.370 e. The largest absolute Gasteiger partial charge is 0.370 e. The van der Waals surface area contributed by atoms with Crippen molar-refractivity contribution in [3.63, 3.8) is 0 Å². The normalized spacial score (nSPS) is 17.6. The number of nitrogens with zero attached hydrogens (tertiary/aromatic N) is 2. The van der Waals surface area contributed by atoms with Crippen LogP contribution in [0.4, 0.5) is 0 Å². The van der Waals surface area contributed by atoms with Gasteiger partial charge in [0.15, 0.2) is 5.96 Å². The molecule has 0 bridgehead atoms. The lowest BCUT2D eigenvalue weighted by Gasteiger charge is -2.30. The molecule has 0 saturated carbocycles. The smallest absolute Gasteiger partial charge is 0.188 e. The Balaban J connectivity index is 1.52. The van der Waals surface area contributed by atoms with Gasteiger partial charge in [0.1, 0.15) is 0 Å². The van der Waals surface area contributed by atoms with Gasteiger partial charge in [-0.15, -0.1) is 0 Å². The maximum Gasteiger partial charge on any atom is 0.188 e. The average Bonchev–Trinajstić information content (AvgIpc) is 2.55. The van der Waals surface area contributed by atoms with Gasteiger partial charge < -0.3 is 16.0 Å². The van der Waals surface area contributed by atoms with Crippen molar-refractivity contribution in [2.24, 2.45) is 16.6 Å². The van der Waals surface area contributed by atoms with E-state index in [9.17, 15) is 0 Å². The molecule has 0 atom stereocenters. The van der Waals surface area contributed by atoms with Gasteiger partial charge in [-0.1, -0.05) is 37.3 Å². The van der Waals surface area contributed by atoms with Crippen LogP contribution in [-0.2, 0) is 6.54 Å². The third-order valence-corrected chi connectivity index (χ3v) is 4.36. The maximum atomic E-state index is 5.89. The molecular formula is C18H30N4. The first-order valence-corrected chi connectivity index (χ1v) is 8.54. The number of hydrogen-bond donors (Lipinski definition) is 2. The summed E-state index contributed by atoms with van der Waals surface area (Å²) in [5, 5.41) is 3.21. The molecule has 4 heteroatoms. The Bertz CT molecular complexity index is 436. The predicted octanol–water partition coefficient (Wildman–Crippen LogP) is 2.60. The van der Waals surface area contributed by atoms with E-state index in [1.165, 1.54) is 44.5 Å². The lowest BCUT2D eigenvalue weighted by atomic mass is 9.99. The predicted molar refractivity (Wildman–Crippen MR) is 93.8 cm³/mol. The van der Waals surface area contributed by atoms with Crippen molar-refractivity contribution in [2.45, 2.75) is 39.2 Å². The number of nitrogens with one attached hydrogen (secondary N) is 1. The molecule has 4 nitrogen and oxygen atoms in total. The second-order valence-electron chi connectivity index (χ2n) is 6.35. The van der Waals surface area contributed by atoms with E-state index >= 15 is 0 Å². The summed E-state index contributed by atoms with van der Waals surface area (Å²) in [6.45, 7) is 7.68. The second kappa shape index (κ2) is 9.46. The van der Waals surface area contributed by atoms with Crippen molar-refractivity contribution in [1.82, 2.24) is 10.2 Å². The summed E-state index contributed by atoms with van der Waals surface area (Å²) in [6, 6.07) is 10.2. The summed E-state index contributed by atoms with van der Waals surface area (Å²) in [5.74, 6) is 1.47. The van der Waals surface area contributed by atoms with E-state index in [0.717, 1.165) is 18.9 Å². The van der Waals surface area contributed by atoms with Gasteiger partial charge in [-0.25, -0.2) is 4.99 Å². The molecule has 122 valence electrons. The zero-order chi connectivity index (χ0) is 15.6. The minimum absolute atomic E-state index is 0.552. The molecule has 0 aromatic heterocycles. The molecule has 22 heavy (non-hydrogen) atoms.